The maximum absolute atomic E-state index is 12.9. The average Bonchev–Trinajstić information content (AvgIpc) is 2.60. The molecule has 6 nitrogen and oxygen atoms in total. The summed E-state index contributed by atoms with van der Waals surface area (Å²) in [6.45, 7) is 6.24. The molecule has 2 rings (SSSR count). The quantitative estimate of drug-likeness (QED) is 0.836. The fraction of sp³-hybridized carbons (Fsp3) is 0.526. The van der Waals surface area contributed by atoms with Crippen molar-refractivity contribution in [2.45, 2.75) is 45.7 Å². The van der Waals surface area contributed by atoms with E-state index in [0.29, 0.717) is 31.5 Å². The lowest BCUT2D eigenvalue weighted by Crippen LogP contribution is -2.54. The Morgan fingerprint density at radius 1 is 1.12 bits per heavy atom. The molecule has 1 saturated heterocycles. The minimum atomic E-state index is -0.530. The third kappa shape index (κ3) is 5.28. The van der Waals surface area contributed by atoms with E-state index >= 15 is 0 Å². The SMILES string of the molecule is CC(=O)NC(C(=O)N1CCC(NC(=O)c2ccc(F)cc2)CC1)C(C)C. The molecule has 1 aliphatic heterocycles. The van der Waals surface area contributed by atoms with Crippen molar-refractivity contribution >= 4 is 17.7 Å². The Kier molecular flexibility index (Phi) is 6.71. The van der Waals surface area contributed by atoms with Crippen LogP contribution < -0.4 is 10.6 Å². The van der Waals surface area contributed by atoms with Crippen LogP contribution in [0.4, 0.5) is 4.39 Å². The summed E-state index contributed by atoms with van der Waals surface area (Å²) in [5.41, 5.74) is 0.412. The summed E-state index contributed by atoms with van der Waals surface area (Å²) < 4.78 is 12.9. The Morgan fingerprint density at radius 3 is 2.19 bits per heavy atom. The molecule has 0 radical (unpaired) electrons. The standard InChI is InChI=1S/C19H26FN3O3/c1-12(2)17(21-13(3)24)19(26)23-10-8-16(9-11-23)22-18(25)14-4-6-15(20)7-5-14/h4-7,12,16-17H,8-11H2,1-3H3,(H,21,24)(H,22,25). The largest absolute Gasteiger partial charge is 0.349 e. The van der Waals surface area contributed by atoms with Crippen LogP contribution >= 0.6 is 0 Å². The number of nitrogens with one attached hydrogen (secondary N) is 2. The predicted molar refractivity (Wildman–Crippen MR) is 95.9 cm³/mol. The van der Waals surface area contributed by atoms with E-state index in [2.05, 4.69) is 10.6 Å². The molecule has 1 fully saturated rings. The highest BCUT2D eigenvalue weighted by atomic mass is 19.1. The van der Waals surface area contributed by atoms with E-state index < -0.39 is 6.04 Å². The van der Waals surface area contributed by atoms with Gasteiger partial charge in [-0.25, -0.2) is 4.39 Å². The molecule has 1 aliphatic rings. The lowest BCUT2D eigenvalue weighted by Gasteiger charge is -2.35. The molecule has 3 amide bonds. The molecule has 0 aliphatic carbocycles. The Bertz CT molecular complexity index is 652. The van der Waals surface area contributed by atoms with Crippen molar-refractivity contribution < 1.29 is 18.8 Å². The first-order chi connectivity index (χ1) is 12.3. The minimum absolute atomic E-state index is 0.00213. The second-order valence-electron chi connectivity index (χ2n) is 7.00. The summed E-state index contributed by atoms with van der Waals surface area (Å²) in [6.07, 6.45) is 1.28. The van der Waals surface area contributed by atoms with E-state index in [-0.39, 0.29) is 35.5 Å². The molecule has 0 aromatic heterocycles. The lowest BCUT2D eigenvalue weighted by molar-refractivity contribution is -0.138. The normalized spacial score (nSPS) is 16.3. The molecule has 1 aromatic rings. The van der Waals surface area contributed by atoms with Crippen LogP contribution in [0, 0.1) is 11.7 Å². The van der Waals surface area contributed by atoms with Crippen LogP contribution in [0.2, 0.25) is 0 Å². The van der Waals surface area contributed by atoms with Gasteiger partial charge in [-0.2, -0.15) is 0 Å². The van der Waals surface area contributed by atoms with Gasteiger partial charge in [0.2, 0.25) is 11.8 Å². The monoisotopic (exact) mass is 363 g/mol. The van der Waals surface area contributed by atoms with E-state index in [0.717, 1.165) is 0 Å². The first kappa shape index (κ1) is 19.9. The van der Waals surface area contributed by atoms with E-state index in [9.17, 15) is 18.8 Å². The number of rotatable bonds is 5. The van der Waals surface area contributed by atoms with Crippen LogP contribution in [0.15, 0.2) is 24.3 Å². The van der Waals surface area contributed by atoms with Crippen LogP contribution in [0.5, 0.6) is 0 Å². The summed E-state index contributed by atoms with van der Waals surface area (Å²) in [7, 11) is 0. The number of carbonyl (C=O) groups is 3. The van der Waals surface area contributed by atoms with Crippen molar-refractivity contribution in [2.24, 2.45) is 5.92 Å². The third-order valence-corrected chi connectivity index (χ3v) is 4.54. The number of likely N-dealkylation sites (tertiary alicyclic amines) is 1. The van der Waals surface area contributed by atoms with Gasteiger partial charge in [0.05, 0.1) is 0 Å². The van der Waals surface area contributed by atoms with Crippen molar-refractivity contribution in [1.29, 1.82) is 0 Å². The number of hydrogen-bond acceptors (Lipinski definition) is 3. The number of benzene rings is 1. The van der Waals surface area contributed by atoms with Crippen molar-refractivity contribution in [2.75, 3.05) is 13.1 Å². The Morgan fingerprint density at radius 2 is 1.69 bits per heavy atom. The molecule has 1 unspecified atom stereocenters. The van der Waals surface area contributed by atoms with Crippen LogP contribution in [0.1, 0.15) is 44.0 Å². The lowest BCUT2D eigenvalue weighted by atomic mass is 9.99. The minimum Gasteiger partial charge on any atom is -0.349 e. The fourth-order valence-corrected chi connectivity index (χ4v) is 3.04. The molecule has 2 N–H and O–H groups in total. The molecule has 0 bridgehead atoms. The molecule has 0 spiro atoms. The maximum Gasteiger partial charge on any atom is 0.251 e. The smallest absolute Gasteiger partial charge is 0.251 e. The van der Waals surface area contributed by atoms with E-state index in [1.807, 2.05) is 13.8 Å². The zero-order chi connectivity index (χ0) is 19.3. The van der Waals surface area contributed by atoms with Crippen LogP contribution in [0.25, 0.3) is 0 Å². The van der Waals surface area contributed by atoms with Gasteiger partial charge in [0, 0.05) is 31.6 Å². The van der Waals surface area contributed by atoms with Gasteiger partial charge < -0.3 is 15.5 Å². The average molecular weight is 363 g/mol. The Hall–Kier alpha value is -2.44. The highest BCUT2D eigenvalue weighted by molar-refractivity contribution is 5.94. The molecule has 1 aromatic carbocycles. The van der Waals surface area contributed by atoms with Gasteiger partial charge in [-0.3, -0.25) is 14.4 Å². The number of halogens is 1. The fourth-order valence-electron chi connectivity index (χ4n) is 3.04. The molecule has 142 valence electrons. The third-order valence-electron chi connectivity index (χ3n) is 4.54. The molecule has 1 heterocycles. The van der Waals surface area contributed by atoms with Crippen molar-refractivity contribution in [1.82, 2.24) is 15.5 Å². The Balaban J connectivity index is 1.87. The van der Waals surface area contributed by atoms with Gasteiger partial charge in [0.25, 0.3) is 5.91 Å². The molecule has 7 heteroatoms. The number of amides is 3. The summed E-state index contributed by atoms with van der Waals surface area (Å²) in [5, 5.41) is 5.64. The first-order valence-corrected chi connectivity index (χ1v) is 8.90. The van der Waals surface area contributed by atoms with E-state index in [1.165, 1.54) is 31.2 Å². The van der Waals surface area contributed by atoms with Gasteiger partial charge in [0.15, 0.2) is 0 Å². The second kappa shape index (κ2) is 8.78. The number of nitrogens with zero attached hydrogens (tertiary/aromatic N) is 1. The van der Waals surface area contributed by atoms with Gasteiger partial charge in [0.1, 0.15) is 11.9 Å². The van der Waals surface area contributed by atoms with Gasteiger partial charge >= 0.3 is 0 Å². The second-order valence-corrected chi connectivity index (χ2v) is 7.00. The number of hydrogen-bond donors (Lipinski definition) is 2. The van der Waals surface area contributed by atoms with E-state index in [4.69, 9.17) is 0 Å². The van der Waals surface area contributed by atoms with E-state index in [1.54, 1.807) is 4.90 Å². The number of piperidine rings is 1. The number of carbonyl (C=O) groups excluding carboxylic acids is 3. The highest BCUT2D eigenvalue weighted by Crippen LogP contribution is 2.15. The molecule has 26 heavy (non-hydrogen) atoms. The molecule has 1 atom stereocenters. The van der Waals surface area contributed by atoms with Gasteiger partial charge in [-0.05, 0) is 43.0 Å². The highest BCUT2D eigenvalue weighted by Gasteiger charge is 2.31. The van der Waals surface area contributed by atoms with Crippen LogP contribution in [0.3, 0.4) is 0 Å². The molecular formula is C19H26FN3O3. The summed E-state index contributed by atoms with van der Waals surface area (Å²) in [4.78, 5) is 37.9. The maximum atomic E-state index is 12.9. The predicted octanol–water partition coefficient (Wildman–Crippen LogP) is 1.71. The molecular weight excluding hydrogens is 337 g/mol. The van der Waals surface area contributed by atoms with Gasteiger partial charge in [-0.1, -0.05) is 13.8 Å². The Labute approximate surface area is 153 Å². The van der Waals surface area contributed by atoms with Gasteiger partial charge in [-0.15, -0.1) is 0 Å². The van der Waals surface area contributed by atoms with Crippen LogP contribution in [-0.2, 0) is 9.59 Å². The summed E-state index contributed by atoms with van der Waals surface area (Å²) >= 11 is 0. The van der Waals surface area contributed by atoms with Crippen molar-refractivity contribution in [3.8, 4) is 0 Å². The van der Waals surface area contributed by atoms with Crippen molar-refractivity contribution in [3.63, 3.8) is 0 Å². The van der Waals surface area contributed by atoms with Crippen LogP contribution in [-0.4, -0.2) is 47.8 Å². The van der Waals surface area contributed by atoms with Crippen molar-refractivity contribution in [3.05, 3.63) is 35.6 Å². The topological polar surface area (TPSA) is 78.5 Å². The first-order valence-electron chi connectivity index (χ1n) is 8.90. The molecule has 0 saturated carbocycles. The summed E-state index contributed by atoms with van der Waals surface area (Å²) in [5.74, 6) is -0.931. The zero-order valence-corrected chi connectivity index (χ0v) is 15.4. The zero-order valence-electron chi connectivity index (χ0n) is 15.4. The summed E-state index contributed by atoms with van der Waals surface area (Å²) in [6, 6.07) is 4.84.